The van der Waals surface area contributed by atoms with Crippen LogP contribution in [-0.2, 0) is 57.5 Å². The van der Waals surface area contributed by atoms with E-state index in [4.69, 9.17) is 22.9 Å². The molecule has 0 aromatic rings. The molecule has 1 saturated heterocycles. The number of primary amides is 2. The van der Waals surface area contributed by atoms with Gasteiger partial charge in [-0.25, -0.2) is 0 Å². The minimum absolute atomic E-state index is 0.00750. The number of amides is 11. The summed E-state index contributed by atoms with van der Waals surface area (Å²) in [6.07, 6.45) is 1.41. The highest BCUT2D eigenvalue weighted by Gasteiger charge is 2.38. The summed E-state index contributed by atoms with van der Waals surface area (Å²) in [6.45, 7) is 7.32. The van der Waals surface area contributed by atoms with E-state index in [-0.39, 0.29) is 44.2 Å². The number of carbonyl (C=O) groups is 12. The van der Waals surface area contributed by atoms with Crippen molar-refractivity contribution < 1.29 is 67.7 Å². The van der Waals surface area contributed by atoms with Crippen LogP contribution < -0.4 is 65.5 Å². The quantitative estimate of drug-likeness (QED) is 0.0263. The third kappa shape index (κ3) is 23.3. The SMILES string of the molecule is CC[C@H](C)[C@H](NC(=O)CNC(=O)[C@H](CCCCN)NC(=O)[C@H](CO)NC(=O)[C@H](CCC(N)=O)NC(=O)[C@@H](NC(=O)[C@H](CCC(=O)O)NC(=O)[C@H](CCCCN)NC(=O)[C@@H]1CCCN1C(C)=O)[C@@H](C)CC)C(N)=O. The number of aliphatic hydroxyl groups excluding tert-OH is 1. The second-order valence-electron chi connectivity index (χ2n) is 18.3. The highest BCUT2D eigenvalue weighted by Crippen LogP contribution is 2.18. The molecule has 0 radical (unpaired) electrons. The van der Waals surface area contributed by atoms with Crippen molar-refractivity contribution in [2.24, 2.45) is 34.8 Å². The zero-order valence-corrected chi connectivity index (χ0v) is 42.8. The van der Waals surface area contributed by atoms with Crippen LogP contribution >= 0.6 is 0 Å². The molecule has 0 spiro atoms. The van der Waals surface area contributed by atoms with E-state index in [1.54, 1.807) is 27.7 Å². The highest BCUT2D eigenvalue weighted by atomic mass is 16.4. The molecule has 27 nitrogen and oxygen atoms in total. The number of aliphatic hydroxyl groups is 1. The number of unbranched alkanes of at least 4 members (excludes halogenated alkanes) is 2. The van der Waals surface area contributed by atoms with Crippen molar-refractivity contribution in [3.8, 4) is 0 Å². The van der Waals surface area contributed by atoms with Crippen molar-refractivity contribution in [3.05, 3.63) is 0 Å². The maximum atomic E-state index is 14.1. The van der Waals surface area contributed by atoms with Crippen LogP contribution in [0.4, 0.5) is 0 Å². The van der Waals surface area contributed by atoms with Crippen LogP contribution in [0.3, 0.4) is 0 Å². The molecule has 0 unspecified atom stereocenters. The van der Waals surface area contributed by atoms with Crippen molar-refractivity contribution in [1.29, 1.82) is 0 Å². The van der Waals surface area contributed by atoms with E-state index in [1.807, 2.05) is 0 Å². The number of hydrogen-bond donors (Lipinski definition) is 14. The first-order valence-corrected chi connectivity index (χ1v) is 24.9. The predicted octanol–water partition coefficient (Wildman–Crippen LogP) is -4.53. The minimum atomic E-state index is -1.75. The molecular weight excluding hydrogens is 959 g/mol. The number of carbonyl (C=O) groups excluding carboxylic acids is 11. The monoisotopic (exact) mass is 1040 g/mol. The van der Waals surface area contributed by atoms with Crippen molar-refractivity contribution in [2.75, 3.05) is 32.8 Å². The van der Waals surface area contributed by atoms with Gasteiger partial charge < -0.3 is 80.6 Å². The van der Waals surface area contributed by atoms with Crippen molar-refractivity contribution >= 4 is 70.9 Å². The fourth-order valence-corrected chi connectivity index (χ4v) is 7.77. The van der Waals surface area contributed by atoms with Crippen LogP contribution in [0.25, 0.3) is 0 Å². The van der Waals surface area contributed by atoms with Crippen LogP contribution in [0.5, 0.6) is 0 Å². The van der Waals surface area contributed by atoms with Crippen LogP contribution in [0, 0.1) is 11.8 Å². The number of likely N-dealkylation sites (tertiary alicyclic amines) is 1. The molecule has 0 saturated carbocycles. The zero-order chi connectivity index (χ0) is 55.4. The minimum Gasteiger partial charge on any atom is -0.481 e. The van der Waals surface area contributed by atoms with Gasteiger partial charge in [-0.3, -0.25) is 57.5 Å². The van der Waals surface area contributed by atoms with Gasteiger partial charge >= 0.3 is 5.97 Å². The lowest BCUT2D eigenvalue weighted by Crippen LogP contribution is -2.61. The van der Waals surface area contributed by atoms with E-state index in [0.29, 0.717) is 51.5 Å². The van der Waals surface area contributed by atoms with E-state index in [9.17, 15) is 67.7 Å². The number of aliphatic carboxylic acids is 1. The standard InChI is InChI=1S/C46H81N13O14/c1-6-25(3)37(39(50)66)57-35(63)23-51-40(67)28(13-8-10-20-47)52-44(71)32(24-60)56-42(69)30(16-18-34(49)62)55-46(73)38(26(4)7-2)58-43(70)31(17-19-36(64)65)53-41(68)29(14-9-11-21-48)54-45(72)33-15-12-22-59(33)27(5)61/h25-26,28-33,37-38,60H,6-24,47-48H2,1-5H3,(H2,49,62)(H2,50,66)(H,51,67)(H,52,71)(H,53,68)(H,54,72)(H,55,73)(H,56,69)(H,57,63)(H,58,70)(H,64,65)/t25-,26-,28-,29-,30-,31-,32-,33-,37-,38-/m0/s1. The third-order valence-electron chi connectivity index (χ3n) is 12.6. The molecule has 0 aliphatic carbocycles. The molecule has 10 atom stereocenters. The number of rotatable bonds is 36. The second-order valence-corrected chi connectivity index (χ2v) is 18.3. The largest absolute Gasteiger partial charge is 0.481 e. The summed E-state index contributed by atoms with van der Waals surface area (Å²) >= 11 is 0. The molecule has 0 bridgehead atoms. The molecule has 11 amide bonds. The van der Waals surface area contributed by atoms with E-state index in [1.165, 1.54) is 11.8 Å². The average Bonchev–Trinajstić information content (AvgIpc) is 3.85. The first kappa shape index (κ1) is 64.5. The van der Waals surface area contributed by atoms with E-state index in [2.05, 4.69) is 42.5 Å². The Hall–Kier alpha value is -6.48. The molecule has 1 fully saturated rings. The number of nitrogens with one attached hydrogen (secondary N) is 8. The second kappa shape index (κ2) is 34.0. The van der Waals surface area contributed by atoms with Gasteiger partial charge in [0.1, 0.15) is 48.3 Å². The summed E-state index contributed by atoms with van der Waals surface area (Å²) in [6, 6.07) is -10.8. The third-order valence-corrected chi connectivity index (χ3v) is 12.6. The Morgan fingerprint density at radius 3 is 1.53 bits per heavy atom. The summed E-state index contributed by atoms with van der Waals surface area (Å²) in [5.74, 6) is -11.4. The molecule has 414 valence electrons. The Balaban J connectivity index is 3.36. The van der Waals surface area contributed by atoms with E-state index >= 15 is 0 Å². The zero-order valence-electron chi connectivity index (χ0n) is 42.8. The Morgan fingerprint density at radius 1 is 0.589 bits per heavy atom. The van der Waals surface area contributed by atoms with Crippen molar-refractivity contribution in [3.63, 3.8) is 0 Å². The van der Waals surface area contributed by atoms with Gasteiger partial charge in [-0.15, -0.1) is 0 Å². The molecule has 73 heavy (non-hydrogen) atoms. The van der Waals surface area contributed by atoms with Gasteiger partial charge in [0.25, 0.3) is 0 Å². The molecule has 1 aliphatic rings. The lowest BCUT2D eigenvalue weighted by Gasteiger charge is -2.30. The van der Waals surface area contributed by atoms with Crippen molar-refractivity contribution in [1.82, 2.24) is 47.4 Å². The number of nitrogens with zero attached hydrogens (tertiary/aromatic N) is 1. The molecule has 1 aliphatic heterocycles. The van der Waals surface area contributed by atoms with Gasteiger partial charge in [-0.05, 0) is 89.1 Å². The summed E-state index contributed by atoms with van der Waals surface area (Å²) in [4.78, 5) is 158. The fourth-order valence-electron chi connectivity index (χ4n) is 7.77. The number of carboxylic acids is 1. The fraction of sp³-hybridized carbons (Fsp3) is 0.739. The average molecular weight is 1040 g/mol. The Labute approximate surface area is 425 Å². The molecule has 0 aromatic heterocycles. The van der Waals surface area contributed by atoms with Crippen molar-refractivity contribution in [2.45, 2.75) is 173 Å². The van der Waals surface area contributed by atoms with Crippen LogP contribution in [-0.4, -0.2) is 167 Å². The Morgan fingerprint density at radius 2 is 1.05 bits per heavy atom. The van der Waals surface area contributed by atoms with Crippen LogP contribution in [0.1, 0.15) is 125 Å². The number of carboxylic acid groups (broad SMARTS) is 1. The maximum absolute atomic E-state index is 14.1. The number of hydrogen-bond acceptors (Lipinski definition) is 15. The first-order valence-electron chi connectivity index (χ1n) is 24.9. The number of nitrogens with two attached hydrogens (primary N) is 4. The summed E-state index contributed by atoms with van der Waals surface area (Å²) < 4.78 is 0. The smallest absolute Gasteiger partial charge is 0.303 e. The summed E-state index contributed by atoms with van der Waals surface area (Å²) in [5, 5.41) is 39.5. The van der Waals surface area contributed by atoms with Gasteiger partial charge in [0.05, 0.1) is 13.2 Å². The predicted molar refractivity (Wildman–Crippen MR) is 263 cm³/mol. The maximum Gasteiger partial charge on any atom is 0.303 e. The van der Waals surface area contributed by atoms with E-state index in [0.717, 1.165) is 0 Å². The van der Waals surface area contributed by atoms with E-state index < -0.39 is 158 Å². The highest BCUT2D eigenvalue weighted by molar-refractivity contribution is 5.98. The summed E-state index contributed by atoms with van der Waals surface area (Å²) in [7, 11) is 0. The molecule has 18 N–H and O–H groups in total. The van der Waals surface area contributed by atoms with Crippen LogP contribution in [0.15, 0.2) is 0 Å². The lowest BCUT2D eigenvalue weighted by atomic mass is 9.96. The molecule has 1 heterocycles. The Bertz CT molecular complexity index is 1910. The molecule has 1 rings (SSSR count). The lowest BCUT2D eigenvalue weighted by molar-refractivity contribution is -0.140. The summed E-state index contributed by atoms with van der Waals surface area (Å²) in [5.41, 5.74) is 22.1. The topological polar surface area (TPSA) is 449 Å². The first-order chi connectivity index (χ1) is 34.5. The van der Waals surface area contributed by atoms with Crippen LogP contribution in [0.2, 0.25) is 0 Å². The molecule has 0 aromatic carbocycles. The van der Waals surface area contributed by atoms with Gasteiger partial charge in [-0.1, -0.05) is 40.5 Å². The normalized spacial score (nSPS) is 16.8. The molecule has 27 heteroatoms. The van der Waals surface area contributed by atoms with Gasteiger partial charge in [0.15, 0.2) is 0 Å². The van der Waals surface area contributed by atoms with Gasteiger partial charge in [-0.2, -0.15) is 0 Å². The van der Waals surface area contributed by atoms with Gasteiger partial charge in [0, 0.05) is 26.3 Å². The molecular formula is C46H81N13O14. The Kier molecular flexibility index (Phi) is 30.1. The van der Waals surface area contributed by atoms with Gasteiger partial charge in [0.2, 0.25) is 65.0 Å².